The molecule has 0 radical (unpaired) electrons. The normalized spacial score (nSPS) is 11.2. The highest BCUT2D eigenvalue weighted by Gasteiger charge is 2.42. The maximum atomic E-state index is 11.9. The van der Waals surface area contributed by atoms with Gasteiger partial charge in [0.2, 0.25) is 0 Å². The Balaban J connectivity index is 4.38. The van der Waals surface area contributed by atoms with Crippen LogP contribution in [0, 0.1) is 0 Å². The molecule has 0 saturated heterocycles. The first kappa shape index (κ1) is 13.7. The van der Waals surface area contributed by atoms with Gasteiger partial charge in [0.25, 0.3) is 0 Å². The lowest BCUT2D eigenvalue weighted by Crippen LogP contribution is -2.43. The number of aliphatic hydroxyl groups excluding tert-OH is 1. The molecule has 0 atom stereocenters. The molecule has 0 aromatic heterocycles. The number of hydrogen-bond acceptors (Lipinski definition) is 3. The summed E-state index contributed by atoms with van der Waals surface area (Å²) in [6.07, 6.45) is -5.64. The average Bonchev–Trinajstić information content (AvgIpc) is 2.09. The third-order valence-corrected chi connectivity index (χ3v) is 1.50. The average molecular weight is 229 g/mol. The maximum Gasteiger partial charge on any atom is 0.471 e. The topological polar surface area (TPSA) is 77.8 Å². The number of carboxylic acid groups (broad SMARTS) is 1. The summed E-state index contributed by atoms with van der Waals surface area (Å²) < 4.78 is 35.8. The van der Waals surface area contributed by atoms with E-state index in [9.17, 15) is 22.8 Å². The fourth-order valence-corrected chi connectivity index (χ4v) is 0.845. The Morgan fingerprint density at radius 1 is 1.20 bits per heavy atom. The van der Waals surface area contributed by atoms with Gasteiger partial charge in [-0.3, -0.25) is 9.59 Å². The summed E-state index contributed by atoms with van der Waals surface area (Å²) >= 11 is 0. The summed E-state index contributed by atoms with van der Waals surface area (Å²) in [5.74, 6) is -3.45. The first-order valence-electron chi connectivity index (χ1n) is 3.97. The molecule has 0 aliphatic heterocycles. The number of halogens is 3. The Bertz CT molecular complexity index is 241. The number of alkyl halides is 3. The van der Waals surface area contributed by atoms with Crippen molar-refractivity contribution in [3.05, 3.63) is 0 Å². The fourth-order valence-electron chi connectivity index (χ4n) is 0.845. The monoisotopic (exact) mass is 229 g/mol. The molecule has 0 unspecified atom stereocenters. The fraction of sp³-hybridized carbons (Fsp3) is 0.714. The van der Waals surface area contributed by atoms with Gasteiger partial charge in [0.15, 0.2) is 0 Å². The van der Waals surface area contributed by atoms with Gasteiger partial charge in [-0.2, -0.15) is 13.2 Å². The number of aliphatic hydroxyl groups is 1. The largest absolute Gasteiger partial charge is 0.481 e. The van der Waals surface area contributed by atoms with E-state index < -0.39 is 44.2 Å². The zero-order chi connectivity index (χ0) is 12.1. The minimum atomic E-state index is -5.05. The molecule has 2 N–H and O–H groups in total. The van der Waals surface area contributed by atoms with E-state index in [0.29, 0.717) is 0 Å². The van der Waals surface area contributed by atoms with Crippen LogP contribution in [-0.2, 0) is 9.59 Å². The lowest BCUT2D eigenvalue weighted by Gasteiger charge is -2.21. The second kappa shape index (κ2) is 5.54. The Morgan fingerprint density at radius 2 is 1.73 bits per heavy atom. The molecule has 8 heteroatoms. The van der Waals surface area contributed by atoms with Gasteiger partial charge >= 0.3 is 18.1 Å². The summed E-state index contributed by atoms with van der Waals surface area (Å²) in [7, 11) is 0. The van der Waals surface area contributed by atoms with Crippen molar-refractivity contribution in [2.24, 2.45) is 0 Å². The second-order valence-corrected chi connectivity index (χ2v) is 2.66. The van der Waals surface area contributed by atoms with Crippen LogP contribution in [0.4, 0.5) is 13.2 Å². The minimum Gasteiger partial charge on any atom is -0.481 e. The molecule has 0 aliphatic rings. The van der Waals surface area contributed by atoms with E-state index in [4.69, 9.17) is 10.2 Å². The number of amides is 1. The molecule has 0 aromatic rings. The van der Waals surface area contributed by atoms with Crippen LogP contribution in [0.3, 0.4) is 0 Å². The number of hydrogen-bond donors (Lipinski definition) is 2. The van der Waals surface area contributed by atoms with Crippen LogP contribution in [-0.4, -0.2) is 52.9 Å². The Kier molecular flexibility index (Phi) is 5.06. The molecule has 0 spiro atoms. The van der Waals surface area contributed by atoms with Crippen LogP contribution >= 0.6 is 0 Å². The van der Waals surface area contributed by atoms with E-state index in [1.165, 1.54) is 0 Å². The first-order valence-corrected chi connectivity index (χ1v) is 3.97. The Morgan fingerprint density at radius 3 is 2.07 bits per heavy atom. The SMILES string of the molecule is O=C(O)CCN(CCO)C(=O)C(F)(F)F. The predicted molar refractivity (Wildman–Crippen MR) is 42.0 cm³/mol. The molecule has 0 rings (SSSR count). The summed E-state index contributed by atoms with van der Waals surface area (Å²) in [4.78, 5) is 21.0. The smallest absolute Gasteiger partial charge is 0.471 e. The minimum absolute atomic E-state index is 0.258. The van der Waals surface area contributed by atoms with Gasteiger partial charge in [-0.25, -0.2) is 0 Å². The summed E-state index contributed by atoms with van der Waals surface area (Å²) in [5, 5.41) is 16.6. The first-order chi connectivity index (χ1) is 6.79. The lowest BCUT2D eigenvalue weighted by atomic mass is 10.3. The van der Waals surface area contributed by atoms with Crippen molar-refractivity contribution in [1.82, 2.24) is 4.90 Å². The predicted octanol–water partition coefficient (Wildman–Crippen LogP) is -0.156. The quantitative estimate of drug-likeness (QED) is 0.686. The molecule has 88 valence electrons. The van der Waals surface area contributed by atoms with E-state index in [1.807, 2.05) is 0 Å². The van der Waals surface area contributed by atoms with Gasteiger partial charge < -0.3 is 15.1 Å². The van der Waals surface area contributed by atoms with Crippen molar-refractivity contribution in [3.63, 3.8) is 0 Å². The van der Waals surface area contributed by atoms with Crippen LogP contribution < -0.4 is 0 Å². The third kappa shape index (κ3) is 5.21. The van der Waals surface area contributed by atoms with Crippen molar-refractivity contribution in [3.8, 4) is 0 Å². The summed E-state index contributed by atoms with van der Waals surface area (Å²) in [5.41, 5.74) is 0. The zero-order valence-electron chi connectivity index (χ0n) is 7.62. The maximum absolute atomic E-state index is 11.9. The van der Waals surface area contributed by atoms with Crippen LogP contribution in [0.5, 0.6) is 0 Å². The molecule has 5 nitrogen and oxygen atoms in total. The molecule has 15 heavy (non-hydrogen) atoms. The molecule has 1 amide bonds. The molecule has 0 saturated carbocycles. The zero-order valence-corrected chi connectivity index (χ0v) is 7.62. The van der Waals surface area contributed by atoms with E-state index >= 15 is 0 Å². The van der Waals surface area contributed by atoms with Gasteiger partial charge in [-0.15, -0.1) is 0 Å². The van der Waals surface area contributed by atoms with Gasteiger partial charge in [0.1, 0.15) is 0 Å². The molecular weight excluding hydrogens is 219 g/mol. The molecule has 0 heterocycles. The van der Waals surface area contributed by atoms with Crippen molar-refractivity contribution in [1.29, 1.82) is 0 Å². The van der Waals surface area contributed by atoms with Gasteiger partial charge in [-0.1, -0.05) is 0 Å². The number of carboxylic acids is 1. The number of nitrogens with zero attached hydrogens (tertiary/aromatic N) is 1. The standard InChI is InChI=1S/C7H10F3NO4/c8-7(9,10)6(15)11(3-4-12)2-1-5(13)14/h12H,1-4H2,(H,13,14). The Hall–Kier alpha value is -1.31. The van der Waals surface area contributed by atoms with Crippen molar-refractivity contribution in [2.75, 3.05) is 19.7 Å². The highest BCUT2D eigenvalue weighted by molar-refractivity contribution is 5.82. The molecule has 0 fully saturated rings. The highest BCUT2D eigenvalue weighted by atomic mass is 19.4. The second-order valence-electron chi connectivity index (χ2n) is 2.66. The number of carbonyl (C=O) groups is 2. The van der Waals surface area contributed by atoms with E-state index in [1.54, 1.807) is 0 Å². The molecule has 0 aromatic carbocycles. The molecule has 0 bridgehead atoms. The van der Waals surface area contributed by atoms with Gasteiger partial charge in [0, 0.05) is 13.1 Å². The van der Waals surface area contributed by atoms with Crippen LogP contribution in [0.15, 0.2) is 0 Å². The van der Waals surface area contributed by atoms with Crippen molar-refractivity contribution >= 4 is 11.9 Å². The lowest BCUT2D eigenvalue weighted by molar-refractivity contribution is -0.186. The van der Waals surface area contributed by atoms with Crippen molar-refractivity contribution < 1.29 is 33.0 Å². The molecule has 0 aliphatic carbocycles. The number of rotatable bonds is 5. The highest BCUT2D eigenvalue weighted by Crippen LogP contribution is 2.18. The van der Waals surface area contributed by atoms with Gasteiger partial charge in [-0.05, 0) is 0 Å². The van der Waals surface area contributed by atoms with Crippen LogP contribution in [0.25, 0.3) is 0 Å². The van der Waals surface area contributed by atoms with E-state index in [-0.39, 0.29) is 4.90 Å². The van der Waals surface area contributed by atoms with Gasteiger partial charge in [0.05, 0.1) is 13.0 Å². The number of carbonyl (C=O) groups excluding carboxylic acids is 1. The van der Waals surface area contributed by atoms with Crippen LogP contribution in [0.1, 0.15) is 6.42 Å². The summed E-state index contributed by atoms with van der Waals surface area (Å²) in [6.45, 7) is -1.76. The van der Waals surface area contributed by atoms with E-state index in [2.05, 4.69) is 0 Å². The van der Waals surface area contributed by atoms with Crippen LogP contribution in [0.2, 0.25) is 0 Å². The Labute approximate surface area is 83.1 Å². The molecular formula is C7H10F3NO4. The van der Waals surface area contributed by atoms with Crippen molar-refractivity contribution in [2.45, 2.75) is 12.6 Å². The summed E-state index contributed by atoms with van der Waals surface area (Å²) in [6, 6.07) is 0. The van der Waals surface area contributed by atoms with E-state index in [0.717, 1.165) is 0 Å². The number of aliphatic carboxylic acids is 1. The third-order valence-electron chi connectivity index (χ3n) is 1.50.